The number of aromatic nitrogens is 2. The Morgan fingerprint density at radius 3 is 2.96 bits per heavy atom. The number of carbonyl (C=O) groups excluding carboxylic acids is 1. The number of halogens is 1. The molecule has 1 amide bonds. The SMILES string of the molecule is Cl.NCC1CCCCN1C(=O)CCSCc1nc2ccccc2c(=O)[nH]1. The van der Waals surface area contributed by atoms with Gasteiger partial charge in [-0.25, -0.2) is 4.98 Å². The summed E-state index contributed by atoms with van der Waals surface area (Å²) in [5, 5.41) is 0.601. The van der Waals surface area contributed by atoms with Gasteiger partial charge in [0.05, 0.1) is 16.7 Å². The summed E-state index contributed by atoms with van der Waals surface area (Å²) < 4.78 is 0. The molecule has 2 aromatic rings. The lowest BCUT2D eigenvalue weighted by Crippen LogP contribution is -2.47. The molecule has 2 heterocycles. The van der Waals surface area contributed by atoms with Crippen LogP contribution in [0.2, 0.25) is 0 Å². The Kier molecular flexibility index (Phi) is 7.93. The van der Waals surface area contributed by atoms with Crippen LogP contribution in [0.1, 0.15) is 31.5 Å². The van der Waals surface area contributed by atoms with Gasteiger partial charge in [0.1, 0.15) is 5.82 Å². The van der Waals surface area contributed by atoms with E-state index in [-0.39, 0.29) is 29.9 Å². The lowest BCUT2D eigenvalue weighted by atomic mass is 10.0. The molecule has 26 heavy (non-hydrogen) atoms. The van der Waals surface area contributed by atoms with E-state index in [1.807, 2.05) is 23.1 Å². The van der Waals surface area contributed by atoms with Crippen LogP contribution in [-0.4, -0.2) is 45.7 Å². The first kappa shape index (κ1) is 20.7. The van der Waals surface area contributed by atoms with Gasteiger partial charge in [-0.15, -0.1) is 12.4 Å². The summed E-state index contributed by atoms with van der Waals surface area (Å²) in [5.41, 5.74) is 6.37. The molecule has 1 aliphatic heterocycles. The molecule has 3 N–H and O–H groups in total. The molecule has 1 saturated heterocycles. The Bertz CT molecular complexity index is 798. The molecular formula is C18H25ClN4O2S. The molecule has 142 valence electrons. The third-order valence-corrected chi connectivity index (χ3v) is 5.55. The predicted molar refractivity (Wildman–Crippen MR) is 109 cm³/mol. The highest BCUT2D eigenvalue weighted by atomic mass is 35.5. The van der Waals surface area contributed by atoms with Crippen LogP contribution in [0, 0.1) is 0 Å². The molecule has 1 aliphatic rings. The van der Waals surface area contributed by atoms with Crippen LogP contribution >= 0.6 is 24.2 Å². The minimum atomic E-state index is -0.114. The number of rotatable bonds is 6. The normalized spacial score (nSPS) is 17.1. The number of likely N-dealkylation sites (tertiary alicyclic amines) is 1. The molecule has 1 aromatic heterocycles. The third-order valence-electron chi connectivity index (χ3n) is 4.58. The fourth-order valence-electron chi connectivity index (χ4n) is 3.25. The number of H-pyrrole nitrogens is 1. The van der Waals surface area contributed by atoms with Crippen molar-refractivity contribution in [2.75, 3.05) is 18.8 Å². The Morgan fingerprint density at radius 2 is 2.15 bits per heavy atom. The lowest BCUT2D eigenvalue weighted by molar-refractivity contribution is -0.134. The average molecular weight is 397 g/mol. The zero-order valence-corrected chi connectivity index (χ0v) is 16.3. The fourth-order valence-corrected chi connectivity index (χ4v) is 4.04. The van der Waals surface area contributed by atoms with E-state index >= 15 is 0 Å². The van der Waals surface area contributed by atoms with Crippen LogP contribution in [0.4, 0.5) is 0 Å². The number of carbonyl (C=O) groups is 1. The quantitative estimate of drug-likeness (QED) is 0.731. The number of nitrogens with one attached hydrogen (secondary N) is 1. The van der Waals surface area contributed by atoms with Gasteiger partial charge in [-0.1, -0.05) is 12.1 Å². The first-order chi connectivity index (χ1) is 12.2. The van der Waals surface area contributed by atoms with Crippen molar-refractivity contribution in [3.63, 3.8) is 0 Å². The van der Waals surface area contributed by atoms with E-state index in [4.69, 9.17) is 5.73 Å². The van der Waals surface area contributed by atoms with Gasteiger partial charge in [-0.2, -0.15) is 11.8 Å². The molecule has 1 aromatic carbocycles. The van der Waals surface area contributed by atoms with E-state index in [1.165, 1.54) is 0 Å². The van der Waals surface area contributed by atoms with E-state index in [0.717, 1.165) is 25.8 Å². The van der Waals surface area contributed by atoms with Gasteiger partial charge in [-0.05, 0) is 31.4 Å². The second-order valence-corrected chi connectivity index (χ2v) is 7.41. The Morgan fingerprint density at radius 1 is 1.35 bits per heavy atom. The van der Waals surface area contributed by atoms with Gasteiger partial charge < -0.3 is 15.6 Å². The van der Waals surface area contributed by atoms with E-state index in [0.29, 0.717) is 41.2 Å². The van der Waals surface area contributed by atoms with Crippen LogP contribution in [0.15, 0.2) is 29.1 Å². The molecule has 0 saturated carbocycles. The average Bonchev–Trinajstić information content (AvgIpc) is 2.65. The number of nitrogens with two attached hydrogens (primary N) is 1. The number of para-hydroxylation sites is 1. The van der Waals surface area contributed by atoms with Crippen LogP contribution in [0.25, 0.3) is 10.9 Å². The number of fused-ring (bicyclic) bond motifs is 1. The standard InChI is InChI=1S/C18H24N4O2S.ClH/c19-11-13-5-3-4-9-22(13)17(23)8-10-25-12-16-20-15-7-2-1-6-14(15)18(24)21-16;/h1-2,6-7,13H,3-5,8-12,19H2,(H,20,21,24);1H. The first-order valence-electron chi connectivity index (χ1n) is 8.74. The van der Waals surface area contributed by atoms with Crippen molar-refractivity contribution in [2.24, 2.45) is 5.73 Å². The molecule has 6 nitrogen and oxygen atoms in total. The maximum Gasteiger partial charge on any atom is 0.258 e. The number of thioether (sulfide) groups is 1. The number of benzene rings is 1. The summed E-state index contributed by atoms with van der Waals surface area (Å²) in [6.45, 7) is 1.37. The molecule has 1 unspecified atom stereocenters. The zero-order valence-electron chi connectivity index (χ0n) is 14.6. The minimum absolute atomic E-state index is 0. The van der Waals surface area contributed by atoms with Crippen LogP contribution in [0.3, 0.4) is 0 Å². The number of aromatic amines is 1. The largest absolute Gasteiger partial charge is 0.338 e. The smallest absolute Gasteiger partial charge is 0.258 e. The van der Waals surface area contributed by atoms with Gasteiger partial charge >= 0.3 is 0 Å². The van der Waals surface area contributed by atoms with E-state index in [1.54, 1.807) is 17.8 Å². The Balaban J connectivity index is 0.00000243. The van der Waals surface area contributed by atoms with Crippen LogP contribution < -0.4 is 11.3 Å². The highest BCUT2D eigenvalue weighted by Crippen LogP contribution is 2.18. The summed E-state index contributed by atoms with van der Waals surface area (Å²) in [5.74, 6) is 2.14. The number of hydrogen-bond donors (Lipinski definition) is 2. The predicted octanol–water partition coefficient (Wildman–Crippen LogP) is 2.31. The maximum atomic E-state index is 12.4. The number of nitrogens with zero attached hydrogens (tertiary/aromatic N) is 2. The van der Waals surface area contributed by atoms with E-state index in [2.05, 4.69) is 9.97 Å². The van der Waals surface area contributed by atoms with Crippen molar-refractivity contribution in [3.8, 4) is 0 Å². The number of hydrogen-bond acceptors (Lipinski definition) is 5. The molecule has 1 atom stereocenters. The van der Waals surface area contributed by atoms with Gasteiger partial charge in [0.15, 0.2) is 0 Å². The first-order valence-corrected chi connectivity index (χ1v) is 9.89. The van der Waals surface area contributed by atoms with Crippen molar-refractivity contribution in [3.05, 3.63) is 40.4 Å². The Labute approximate surface area is 163 Å². The summed E-state index contributed by atoms with van der Waals surface area (Å²) in [6.07, 6.45) is 3.73. The van der Waals surface area contributed by atoms with Gasteiger partial charge in [0, 0.05) is 31.3 Å². The molecule has 0 bridgehead atoms. The summed E-state index contributed by atoms with van der Waals surface area (Å²) in [7, 11) is 0. The highest BCUT2D eigenvalue weighted by Gasteiger charge is 2.24. The minimum Gasteiger partial charge on any atom is -0.338 e. The van der Waals surface area contributed by atoms with E-state index in [9.17, 15) is 9.59 Å². The molecule has 0 spiro atoms. The third kappa shape index (κ3) is 4.99. The molecular weight excluding hydrogens is 372 g/mol. The second kappa shape index (κ2) is 9.94. The molecule has 8 heteroatoms. The number of amides is 1. The maximum absolute atomic E-state index is 12.4. The van der Waals surface area contributed by atoms with Crippen molar-refractivity contribution in [1.29, 1.82) is 0 Å². The van der Waals surface area contributed by atoms with Gasteiger partial charge in [-0.3, -0.25) is 9.59 Å². The second-order valence-electron chi connectivity index (χ2n) is 6.30. The summed E-state index contributed by atoms with van der Waals surface area (Å²) in [6, 6.07) is 7.50. The van der Waals surface area contributed by atoms with Crippen molar-refractivity contribution >= 4 is 41.0 Å². The molecule has 0 aliphatic carbocycles. The monoisotopic (exact) mass is 396 g/mol. The van der Waals surface area contributed by atoms with E-state index < -0.39 is 0 Å². The summed E-state index contributed by atoms with van der Waals surface area (Å²) in [4.78, 5) is 33.7. The van der Waals surface area contributed by atoms with Crippen LogP contribution in [-0.2, 0) is 10.5 Å². The topological polar surface area (TPSA) is 92.1 Å². The van der Waals surface area contributed by atoms with Crippen molar-refractivity contribution in [1.82, 2.24) is 14.9 Å². The molecule has 1 fully saturated rings. The zero-order chi connectivity index (χ0) is 17.6. The molecule has 3 rings (SSSR count). The van der Waals surface area contributed by atoms with Crippen molar-refractivity contribution in [2.45, 2.75) is 37.5 Å². The van der Waals surface area contributed by atoms with Gasteiger partial charge in [0.2, 0.25) is 5.91 Å². The fraction of sp³-hybridized carbons (Fsp3) is 0.500. The van der Waals surface area contributed by atoms with Crippen LogP contribution in [0.5, 0.6) is 0 Å². The molecule has 0 radical (unpaired) electrons. The van der Waals surface area contributed by atoms with Gasteiger partial charge in [0.25, 0.3) is 5.56 Å². The lowest BCUT2D eigenvalue weighted by Gasteiger charge is -2.35. The Hall–Kier alpha value is -1.57. The number of piperidine rings is 1. The highest BCUT2D eigenvalue weighted by molar-refractivity contribution is 7.98. The van der Waals surface area contributed by atoms with Crippen molar-refractivity contribution < 1.29 is 4.79 Å². The summed E-state index contributed by atoms with van der Waals surface area (Å²) >= 11 is 1.61.